The maximum Gasteiger partial charge on any atom is 0.240 e. The van der Waals surface area contributed by atoms with Crippen molar-refractivity contribution in [2.24, 2.45) is 5.14 Å². The number of rotatable bonds is 1. The van der Waals surface area contributed by atoms with E-state index >= 15 is 0 Å². The topological polar surface area (TPSA) is 86.2 Å². The molecule has 0 radical (unpaired) electrons. The summed E-state index contributed by atoms with van der Waals surface area (Å²) in [5, 5.41) is 4.75. The van der Waals surface area contributed by atoms with Crippen LogP contribution in [0.3, 0.4) is 0 Å². The Kier molecular flexibility index (Phi) is 2.03. The van der Waals surface area contributed by atoms with Gasteiger partial charge in [-0.3, -0.25) is 0 Å². The molecule has 4 N–H and O–H groups in total. The molecule has 0 aromatic heterocycles. The molecule has 0 amide bonds. The van der Waals surface area contributed by atoms with Gasteiger partial charge in [0.05, 0.1) is 5.69 Å². The number of hydrogen-bond acceptors (Lipinski definition) is 3. The molecular formula is C6H7FN2O2S. The van der Waals surface area contributed by atoms with Crippen LogP contribution in [0.4, 0.5) is 10.1 Å². The van der Waals surface area contributed by atoms with Gasteiger partial charge in [-0.05, 0) is 18.2 Å². The lowest BCUT2D eigenvalue weighted by atomic mass is 10.3. The van der Waals surface area contributed by atoms with Gasteiger partial charge in [-0.2, -0.15) is 0 Å². The number of hydrogen-bond donors (Lipinski definition) is 2. The number of sulfonamides is 1. The zero-order valence-corrected chi connectivity index (χ0v) is 6.81. The van der Waals surface area contributed by atoms with E-state index in [0.717, 1.165) is 18.2 Å². The molecule has 1 aromatic rings. The largest absolute Gasteiger partial charge is 0.398 e. The molecule has 0 saturated carbocycles. The average molecular weight is 190 g/mol. The molecule has 1 aromatic carbocycles. The Labute approximate surface area is 69.0 Å². The third-order valence-corrected chi connectivity index (χ3v) is 2.25. The second-order valence-corrected chi connectivity index (χ2v) is 3.76. The molecule has 0 unspecified atom stereocenters. The summed E-state index contributed by atoms with van der Waals surface area (Å²) in [6.07, 6.45) is 0. The molecule has 0 bridgehead atoms. The van der Waals surface area contributed by atoms with Crippen LogP contribution in [0.1, 0.15) is 0 Å². The van der Waals surface area contributed by atoms with Crippen molar-refractivity contribution in [3.05, 3.63) is 24.0 Å². The first-order chi connectivity index (χ1) is 5.41. The van der Waals surface area contributed by atoms with Gasteiger partial charge < -0.3 is 5.73 Å². The van der Waals surface area contributed by atoms with Crippen LogP contribution in [-0.4, -0.2) is 8.42 Å². The summed E-state index contributed by atoms with van der Waals surface area (Å²) in [5.41, 5.74) is 5.19. The van der Waals surface area contributed by atoms with Gasteiger partial charge in [0.15, 0.2) is 0 Å². The van der Waals surface area contributed by atoms with Crippen LogP contribution in [0.15, 0.2) is 23.1 Å². The van der Waals surface area contributed by atoms with Crippen molar-refractivity contribution in [1.82, 2.24) is 0 Å². The summed E-state index contributed by atoms with van der Waals surface area (Å²) < 4.78 is 34.0. The van der Waals surface area contributed by atoms with Crippen molar-refractivity contribution in [1.29, 1.82) is 0 Å². The second-order valence-electron chi connectivity index (χ2n) is 2.23. The second kappa shape index (κ2) is 2.72. The van der Waals surface area contributed by atoms with Crippen LogP contribution in [0.5, 0.6) is 0 Å². The Morgan fingerprint density at radius 2 is 1.92 bits per heavy atom. The van der Waals surface area contributed by atoms with E-state index in [2.05, 4.69) is 0 Å². The van der Waals surface area contributed by atoms with Crippen LogP contribution >= 0.6 is 0 Å². The summed E-state index contributed by atoms with van der Waals surface area (Å²) in [4.78, 5) is -0.387. The number of benzene rings is 1. The minimum absolute atomic E-state index is 0.0566. The van der Waals surface area contributed by atoms with E-state index in [9.17, 15) is 12.8 Å². The highest BCUT2D eigenvalue weighted by molar-refractivity contribution is 7.89. The molecule has 0 aliphatic heterocycles. The maximum atomic E-state index is 12.5. The standard InChI is InChI=1S/C6H7FN2O2S/c7-4-1-2-5(8)6(3-4)12(9,10)11/h1-3H,8H2,(H2,9,10,11). The van der Waals surface area contributed by atoms with Gasteiger partial charge in [-0.15, -0.1) is 0 Å². The Morgan fingerprint density at radius 3 is 2.33 bits per heavy atom. The monoisotopic (exact) mass is 190 g/mol. The molecule has 66 valence electrons. The van der Waals surface area contributed by atoms with Crippen molar-refractivity contribution in [2.45, 2.75) is 4.90 Å². The van der Waals surface area contributed by atoms with Gasteiger partial charge in [-0.25, -0.2) is 17.9 Å². The molecule has 0 aliphatic carbocycles. The minimum Gasteiger partial charge on any atom is -0.398 e. The zero-order valence-electron chi connectivity index (χ0n) is 5.99. The van der Waals surface area contributed by atoms with Crippen molar-refractivity contribution in [3.8, 4) is 0 Å². The summed E-state index contributed by atoms with van der Waals surface area (Å²) in [6.45, 7) is 0. The van der Waals surface area contributed by atoms with Crippen molar-refractivity contribution >= 4 is 15.7 Å². The number of anilines is 1. The van der Waals surface area contributed by atoms with Crippen LogP contribution < -0.4 is 10.9 Å². The Bertz CT molecular complexity index is 402. The predicted octanol–water partition coefficient (Wildman–Crippen LogP) is 0.0553. The van der Waals surface area contributed by atoms with Crippen molar-refractivity contribution in [2.75, 3.05) is 5.73 Å². The normalized spacial score (nSPS) is 11.5. The third-order valence-electron chi connectivity index (χ3n) is 1.28. The van der Waals surface area contributed by atoms with E-state index in [-0.39, 0.29) is 10.6 Å². The van der Waals surface area contributed by atoms with Crippen LogP contribution in [0.2, 0.25) is 0 Å². The van der Waals surface area contributed by atoms with Gasteiger partial charge in [-0.1, -0.05) is 0 Å². The fourth-order valence-corrected chi connectivity index (χ4v) is 1.43. The quantitative estimate of drug-likeness (QED) is 0.614. The van der Waals surface area contributed by atoms with E-state index < -0.39 is 15.8 Å². The van der Waals surface area contributed by atoms with E-state index in [0.29, 0.717) is 0 Å². The molecular weight excluding hydrogens is 183 g/mol. The molecule has 6 heteroatoms. The highest BCUT2D eigenvalue weighted by Crippen LogP contribution is 2.17. The Balaban J connectivity index is 3.43. The lowest BCUT2D eigenvalue weighted by molar-refractivity contribution is 0.593. The third kappa shape index (κ3) is 1.72. The fraction of sp³-hybridized carbons (Fsp3) is 0. The first-order valence-corrected chi connectivity index (χ1v) is 4.54. The Hall–Kier alpha value is -1.14. The first-order valence-electron chi connectivity index (χ1n) is 2.99. The van der Waals surface area contributed by atoms with Gasteiger partial charge in [0.25, 0.3) is 0 Å². The molecule has 0 fully saturated rings. The maximum absolute atomic E-state index is 12.5. The van der Waals surface area contributed by atoms with Crippen LogP contribution in [0, 0.1) is 5.82 Å². The Morgan fingerprint density at radius 1 is 1.33 bits per heavy atom. The van der Waals surface area contributed by atoms with Crippen LogP contribution in [0.25, 0.3) is 0 Å². The fourth-order valence-electron chi connectivity index (χ4n) is 0.755. The summed E-state index contributed by atoms with van der Waals surface area (Å²) in [7, 11) is -3.92. The molecule has 0 atom stereocenters. The van der Waals surface area contributed by atoms with Gasteiger partial charge >= 0.3 is 0 Å². The van der Waals surface area contributed by atoms with E-state index in [1.807, 2.05) is 0 Å². The molecule has 4 nitrogen and oxygen atoms in total. The van der Waals surface area contributed by atoms with Crippen molar-refractivity contribution < 1.29 is 12.8 Å². The molecule has 0 heterocycles. The highest BCUT2D eigenvalue weighted by atomic mass is 32.2. The van der Waals surface area contributed by atoms with Gasteiger partial charge in [0.2, 0.25) is 10.0 Å². The SMILES string of the molecule is Nc1ccc(F)cc1S(N)(=O)=O. The molecule has 1 rings (SSSR count). The zero-order chi connectivity index (χ0) is 9.35. The van der Waals surface area contributed by atoms with E-state index in [4.69, 9.17) is 10.9 Å². The summed E-state index contributed by atoms with van der Waals surface area (Å²) >= 11 is 0. The number of nitrogen functional groups attached to an aromatic ring is 1. The lowest BCUT2D eigenvalue weighted by Gasteiger charge is -2.01. The first kappa shape index (κ1) is 8.95. The van der Waals surface area contributed by atoms with Crippen molar-refractivity contribution in [3.63, 3.8) is 0 Å². The minimum atomic E-state index is -3.92. The van der Waals surface area contributed by atoms with Gasteiger partial charge in [0, 0.05) is 0 Å². The molecule has 12 heavy (non-hydrogen) atoms. The number of nitrogens with two attached hydrogens (primary N) is 2. The summed E-state index contributed by atoms with van der Waals surface area (Å²) in [6, 6.07) is 2.99. The number of halogens is 1. The number of primary sulfonamides is 1. The summed E-state index contributed by atoms with van der Waals surface area (Å²) in [5.74, 6) is -0.687. The molecule has 0 aliphatic rings. The van der Waals surface area contributed by atoms with E-state index in [1.165, 1.54) is 0 Å². The highest BCUT2D eigenvalue weighted by Gasteiger charge is 2.12. The average Bonchev–Trinajstić information content (AvgIpc) is 1.92. The van der Waals surface area contributed by atoms with E-state index in [1.54, 1.807) is 0 Å². The molecule has 0 spiro atoms. The lowest BCUT2D eigenvalue weighted by Crippen LogP contribution is -2.14. The van der Waals surface area contributed by atoms with Crippen LogP contribution in [-0.2, 0) is 10.0 Å². The van der Waals surface area contributed by atoms with Gasteiger partial charge in [0.1, 0.15) is 10.7 Å². The molecule has 0 saturated heterocycles. The predicted molar refractivity (Wildman–Crippen MR) is 42.2 cm³/mol. The smallest absolute Gasteiger partial charge is 0.240 e.